The van der Waals surface area contributed by atoms with Crippen LogP contribution in [0.5, 0.6) is 0 Å². The molecular weight excluding hydrogens is 396 g/mol. The molecular formula is C27H28N4O. The molecule has 1 saturated heterocycles. The van der Waals surface area contributed by atoms with E-state index in [1.165, 1.54) is 37.9 Å². The Morgan fingerprint density at radius 2 is 1.72 bits per heavy atom. The Labute approximate surface area is 189 Å². The van der Waals surface area contributed by atoms with Gasteiger partial charge in [0.2, 0.25) is 5.91 Å². The molecule has 0 bridgehead atoms. The molecule has 1 atom stereocenters. The van der Waals surface area contributed by atoms with Gasteiger partial charge in [0.15, 0.2) is 0 Å². The molecule has 3 aromatic carbocycles. The van der Waals surface area contributed by atoms with Gasteiger partial charge in [-0.2, -0.15) is 0 Å². The van der Waals surface area contributed by atoms with E-state index < -0.39 is 5.92 Å². The summed E-state index contributed by atoms with van der Waals surface area (Å²) in [6, 6.07) is 23.9. The van der Waals surface area contributed by atoms with Gasteiger partial charge in [0.25, 0.3) is 0 Å². The van der Waals surface area contributed by atoms with Crippen molar-refractivity contribution < 1.29 is 4.79 Å². The van der Waals surface area contributed by atoms with Crippen molar-refractivity contribution in [1.29, 1.82) is 0 Å². The smallest absolute Gasteiger partial charge is 0.238 e. The minimum atomic E-state index is -0.471. The minimum absolute atomic E-state index is 0.0741. The summed E-state index contributed by atoms with van der Waals surface area (Å²) < 4.78 is 0. The molecule has 1 unspecified atom stereocenters. The standard InChI is InChI=1S/C27H28N4O/c28-21-11-14-23-24(17-21)30-27(32)25(23)26(20-7-3-1-4-8-20)29-22-12-9-19(10-13-22)18-31-15-5-2-6-16-31/h1,3-4,7-14,17,25H,2,5-6,15-16,18,28H2,(H,30,32). The third-order valence-corrected chi connectivity index (χ3v) is 6.29. The fourth-order valence-electron chi connectivity index (χ4n) is 4.65. The Morgan fingerprint density at radius 3 is 2.47 bits per heavy atom. The Kier molecular flexibility index (Phi) is 5.73. The first kappa shape index (κ1) is 20.5. The maximum absolute atomic E-state index is 13.0. The van der Waals surface area contributed by atoms with Crippen LogP contribution in [-0.2, 0) is 11.3 Å². The van der Waals surface area contributed by atoms with Gasteiger partial charge in [0.1, 0.15) is 5.92 Å². The Balaban J connectivity index is 1.48. The number of anilines is 2. The van der Waals surface area contributed by atoms with Crippen LogP contribution in [-0.4, -0.2) is 29.6 Å². The highest BCUT2D eigenvalue weighted by Gasteiger charge is 2.35. The van der Waals surface area contributed by atoms with Crippen molar-refractivity contribution in [3.63, 3.8) is 0 Å². The first-order chi connectivity index (χ1) is 15.7. The van der Waals surface area contributed by atoms with Crippen LogP contribution < -0.4 is 11.1 Å². The van der Waals surface area contributed by atoms with Gasteiger partial charge in [-0.05, 0) is 66.9 Å². The number of nitrogens with one attached hydrogen (secondary N) is 1. The molecule has 1 amide bonds. The highest BCUT2D eigenvalue weighted by atomic mass is 16.2. The first-order valence-electron chi connectivity index (χ1n) is 11.3. The van der Waals surface area contributed by atoms with Gasteiger partial charge >= 0.3 is 0 Å². The normalized spacial score (nSPS) is 18.9. The van der Waals surface area contributed by atoms with E-state index in [9.17, 15) is 4.79 Å². The number of hydrogen-bond donors (Lipinski definition) is 2. The van der Waals surface area contributed by atoms with Crippen molar-refractivity contribution in [3.8, 4) is 0 Å². The van der Waals surface area contributed by atoms with E-state index in [0.717, 1.165) is 34.8 Å². The molecule has 2 heterocycles. The zero-order chi connectivity index (χ0) is 21.9. The molecule has 5 rings (SSSR count). The first-order valence-corrected chi connectivity index (χ1v) is 11.3. The van der Waals surface area contributed by atoms with Gasteiger partial charge in [-0.3, -0.25) is 14.7 Å². The van der Waals surface area contributed by atoms with Crippen molar-refractivity contribution in [2.75, 3.05) is 24.1 Å². The van der Waals surface area contributed by atoms with E-state index in [-0.39, 0.29) is 5.91 Å². The molecule has 0 saturated carbocycles. The summed E-state index contributed by atoms with van der Waals surface area (Å²) in [5.74, 6) is -0.545. The van der Waals surface area contributed by atoms with Gasteiger partial charge in [-0.1, -0.05) is 55.0 Å². The zero-order valence-corrected chi connectivity index (χ0v) is 18.1. The lowest BCUT2D eigenvalue weighted by molar-refractivity contribution is -0.115. The summed E-state index contributed by atoms with van der Waals surface area (Å²) in [7, 11) is 0. The van der Waals surface area contributed by atoms with Crippen LogP contribution in [0.25, 0.3) is 0 Å². The number of benzene rings is 3. The SMILES string of the molecule is Nc1ccc2c(c1)NC(=O)C2C(=Nc1ccc(CN2CCCCC2)cc1)c1ccccc1. The highest BCUT2D eigenvalue weighted by molar-refractivity contribution is 6.24. The van der Waals surface area contributed by atoms with E-state index >= 15 is 0 Å². The summed E-state index contributed by atoms with van der Waals surface area (Å²) in [5.41, 5.74) is 12.1. The van der Waals surface area contributed by atoms with Crippen LogP contribution in [0.1, 0.15) is 41.9 Å². The molecule has 0 radical (unpaired) electrons. The zero-order valence-electron chi connectivity index (χ0n) is 18.1. The molecule has 0 spiro atoms. The van der Waals surface area contributed by atoms with Crippen LogP contribution in [0.15, 0.2) is 77.8 Å². The van der Waals surface area contributed by atoms with Gasteiger partial charge in [-0.25, -0.2) is 0 Å². The predicted molar refractivity (Wildman–Crippen MR) is 130 cm³/mol. The fourth-order valence-corrected chi connectivity index (χ4v) is 4.65. The number of hydrogen-bond acceptors (Lipinski definition) is 4. The Hall–Kier alpha value is -3.44. The number of piperidine rings is 1. The molecule has 5 nitrogen and oxygen atoms in total. The van der Waals surface area contributed by atoms with Crippen molar-refractivity contribution in [3.05, 3.63) is 89.5 Å². The van der Waals surface area contributed by atoms with E-state index in [2.05, 4.69) is 34.5 Å². The fraction of sp³-hybridized carbons (Fsp3) is 0.259. The number of nitrogens with zero attached hydrogens (tertiary/aromatic N) is 2. The highest BCUT2D eigenvalue weighted by Crippen LogP contribution is 2.37. The van der Waals surface area contributed by atoms with Crippen LogP contribution in [0.2, 0.25) is 0 Å². The lowest BCUT2D eigenvalue weighted by Crippen LogP contribution is -2.28. The van der Waals surface area contributed by atoms with Crippen LogP contribution in [0, 0.1) is 0 Å². The number of carbonyl (C=O) groups is 1. The maximum Gasteiger partial charge on any atom is 0.238 e. The monoisotopic (exact) mass is 424 g/mol. The number of aliphatic imine (C=N–C) groups is 1. The third kappa shape index (κ3) is 4.30. The van der Waals surface area contributed by atoms with Crippen molar-refractivity contribution in [1.82, 2.24) is 4.90 Å². The maximum atomic E-state index is 13.0. The number of fused-ring (bicyclic) bond motifs is 1. The summed E-state index contributed by atoms with van der Waals surface area (Å²) >= 11 is 0. The lowest BCUT2D eigenvalue weighted by Gasteiger charge is -2.26. The minimum Gasteiger partial charge on any atom is -0.399 e. The number of carbonyl (C=O) groups excluding carboxylic acids is 1. The van der Waals surface area contributed by atoms with Gasteiger partial charge < -0.3 is 11.1 Å². The second-order valence-corrected chi connectivity index (χ2v) is 8.64. The van der Waals surface area contributed by atoms with E-state index in [1.807, 2.05) is 48.5 Å². The average Bonchev–Trinajstić information content (AvgIpc) is 3.14. The van der Waals surface area contributed by atoms with E-state index in [1.54, 1.807) is 0 Å². The third-order valence-electron chi connectivity index (χ3n) is 6.29. The summed E-state index contributed by atoms with van der Waals surface area (Å²) in [4.78, 5) is 20.5. The summed E-state index contributed by atoms with van der Waals surface area (Å²) in [5, 5.41) is 2.97. The summed E-state index contributed by atoms with van der Waals surface area (Å²) in [6.45, 7) is 3.34. The predicted octanol–water partition coefficient (Wildman–Crippen LogP) is 5.11. The number of rotatable bonds is 5. The molecule has 162 valence electrons. The largest absolute Gasteiger partial charge is 0.399 e. The molecule has 3 N–H and O–H groups in total. The molecule has 0 aromatic heterocycles. The molecule has 0 aliphatic carbocycles. The second-order valence-electron chi connectivity index (χ2n) is 8.64. The van der Waals surface area contributed by atoms with Crippen molar-refractivity contribution in [2.45, 2.75) is 31.7 Å². The molecule has 5 heteroatoms. The van der Waals surface area contributed by atoms with Gasteiger partial charge in [0.05, 0.1) is 11.4 Å². The topological polar surface area (TPSA) is 70.7 Å². The lowest BCUT2D eigenvalue weighted by atomic mass is 9.90. The Morgan fingerprint density at radius 1 is 0.969 bits per heavy atom. The molecule has 1 fully saturated rings. The van der Waals surface area contributed by atoms with Crippen LogP contribution in [0.4, 0.5) is 17.1 Å². The van der Waals surface area contributed by atoms with Gasteiger partial charge in [-0.15, -0.1) is 0 Å². The second kappa shape index (κ2) is 8.97. The molecule has 3 aromatic rings. The molecule has 2 aliphatic heterocycles. The average molecular weight is 425 g/mol. The molecule has 32 heavy (non-hydrogen) atoms. The Bertz CT molecular complexity index is 1130. The van der Waals surface area contributed by atoms with Crippen molar-refractivity contribution in [2.24, 2.45) is 4.99 Å². The quantitative estimate of drug-likeness (QED) is 0.442. The molecule has 2 aliphatic rings. The number of amides is 1. The van der Waals surface area contributed by atoms with Crippen LogP contribution >= 0.6 is 0 Å². The summed E-state index contributed by atoms with van der Waals surface area (Å²) in [6.07, 6.45) is 3.93. The van der Waals surface area contributed by atoms with Crippen molar-refractivity contribution >= 4 is 28.7 Å². The van der Waals surface area contributed by atoms with Gasteiger partial charge in [0, 0.05) is 17.9 Å². The van der Waals surface area contributed by atoms with Crippen LogP contribution in [0.3, 0.4) is 0 Å². The number of nitrogen functional groups attached to an aromatic ring is 1. The number of likely N-dealkylation sites (tertiary alicyclic amines) is 1. The van der Waals surface area contributed by atoms with E-state index in [0.29, 0.717) is 5.69 Å². The number of nitrogens with two attached hydrogens (primary N) is 1. The van der Waals surface area contributed by atoms with E-state index in [4.69, 9.17) is 10.7 Å².